The first kappa shape index (κ1) is 46.9. The van der Waals surface area contributed by atoms with Crippen LogP contribution < -0.4 is 0 Å². The maximum atomic E-state index is 11.0. The van der Waals surface area contributed by atoms with Gasteiger partial charge < -0.3 is 18.3 Å². The molecule has 11 aromatic carbocycles. The molecule has 15 rings (SSSR count). The molecule has 0 unspecified atom stereocenters. The van der Waals surface area contributed by atoms with Gasteiger partial charge >= 0.3 is 0 Å². The Balaban J connectivity index is 1.32. The van der Waals surface area contributed by atoms with E-state index in [1.54, 1.807) is 0 Å². The molecule has 6 heteroatoms. The highest BCUT2D eigenvalue weighted by atomic mass is 15.1. The van der Waals surface area contributed by atoms with Gasteiger partial charge in [0, 0.05) is 81.8 Å². The lowest BCUT2D eigenvalue weighted by Gasteiger charge is -2.42. The Morgan fingerprint density at radius 1 is 0.287 bits per heavy atom. The third-order valence-corrected chi connectivity index (χ3v) is 17.1. The first-order valence-electron chi connectivity index (χ1n) is 27.4. The largest absolute Gasteiger partial charge is 0.331 e. The molecule has 0 N–H and O–H groups in total. The molecule has 0 spiro atoms. The highest BCUT2D eigenvalue weighted by molar-refractivity contribution is 6.15. The molecule has 0 aliphatic rings. The van der Waals surface area contributed by atoms with E-state index in [1.165, 1.54) is 10.8 Å². The minimum absolute atomic E-state index is 0.555. The quantitative estimate of drug-likeness (QED) is 0.152. The van der Waals surface area contributed by atoms with Crippen LogP contribution in [0.15, 0.2) is 243 Å². The van der Waals surface area contributed by atoms with Gasteiger partial charge in [-0.3, -0.25) is 0 Å². The molecule has 0 saturated heterocycles. The summed E-state index contributed by atoms with van der Waals surface area (Å²) in [6.45, 7) is 9.55. The Bertz CT molecular complexity index is 4760. The van der Waals surface area contributed by atoms with Crippen LogP contribution in [0, 0.1) is 22.7 Å². The van der Waals surface area contributed by atoms with Crippen molar-refractivity contribution in [1.29, 1.82) is 10.5 Å². The molecule has 0 aliphatic heterocycles. The molecule has 378 valence electrons. The van der Waals surface area contributed by atoms with Gasteiger partial charge in [-0.05, 0) is 117 Å². The number of fused-ring (bicyclic) bond motifs is 12. The van der Waals surface area contributed by atoms with Gasteiger partial charge in [-0.15, -0.1) is 0 Å². The first-order chi connectivity index (χ1) is 39.2. The summed E-state index contributed by atoms with van der Waals surface area (Å²) in [4.78, 5) is 0. The molecular weight excluding hydrogens is 973 g/mol. The van der Waals surface area contributed by atoms with Gasteiger partial charge in [0.05, 0.1) is 67.8 Å². The van der Waals surface area contributed by atoms with E-state index >= 15 is 0 Å². The summed E-state index contributed by atoms with van der Waals surface area (Å²) in [6, 6.07) is 92.1. The molecule has 4 heterocycles. The number of aromatic nitrogens is 4. The highest BCUT2D eigenvalue weighted by Gasteiger charge is 2.44. The van der Waals surface area contributed by atoms with Crippen molar-refractivity contribution >= 4 is 87.2 Å². The normalized spacial score (nSPS) is 12.2. The lowest BCUT2D eigenvalue weighted by molar-refractivity contribution is 0.455. The van der Waals surface area contributed by atoms with Crippen LogP contribution in [0.2, 0.25) is 0 Å². The van der Waals surface area contributed by atoms with Crippen LogP contribution in [0.1, 0.15) is 49.9 Å². The van der Waals surface area contributed by atoms with E-state index in [4.69, 9.17) is 0 Å². The standard InChI is InChI=1S/C74H52N6/c1-73(2,79-63-39-17-9-31-55(63)56-32-10-18-40-64(56)79)69-67(49-25-21-23-47(43-49)45-75)71(77-59-35-13-5-27-51(59)52-28-6-14-36-60(52)77)70(74(3,4)80-65-41-19-11-33-57(65)58-34-12-20-42-66(58)80)72(68(69)50-26-22-24-48(44-50)46-76)78-61-37-15-7-29-53(61)54-30-8-16-38-62(54)78/h5-44H,1-4H3. The van der Waals surface area contributed by atoms with Crippen LogP contribution in [-0.2, 0) is 11.1 Å². The SMILES string of the molecule is CC(C)(c1c(-c2cccc(C#N)c2)c(-n2c3ccccc3c3ccccc32)c(C(C)(C)n2c3ccccc3c3ccccc32)c(-n2c3ccccc3c3ccccc32)c1-c1cccc(C#N)c1)n1c2ccccc2c2ccccc21. The minimum Gasteiger partial charge on any atom is -0.331 e. The summed E-state index contributed by atoms with van der Waals surface area (Å²) >= 11 is 0. The molecule has 0 aliphatic carbocycles. The molecule has 0 atom stereocenters. The Hall–Kier alpha value is -10.4. The molecule has 4 aromatic heterocycles. The maximum absolute atomic E-state index is 11.0. The third-order valence-electron chi connectivity index (χ3n) is 17.1. The van der Waals surface area contributed by atoms with E-state index in [0.29, 0.717) is 11.1 Å². The van der Waals surface area contributed by atoms with Gasteiger partial charge in [0.25, 0.3) is 0 Å². The second kappa shape index (κ2) is 17.6. The van der Waals surface area contributed by atoms with E-state index < -0.39 is 11.1 Å². The van der Waals surface area contributed by atoms with Crippen molar-refractivity contribution < 1.29 is 0 Å². The zero-order chi connectivity index (χ0) is 54.0. The van der Waals surface area contributed by atoms with E-state index in [2.05, 4.69) is 276 Å². The zero-order valence-electron chi connectivity index (χ0n) is 44.8. The first-order valence-corrected chi connectivity index (χ1v) is 27.4. The fourth-order valence-electron chi connectivity index (χ4n) is 14.0. The van der Waals surface area contributed by atoms with Gasteiger partial charge in [-0.1, -0.05) is 170 Å². The average Bonchev–Trinajstić information content (AvgIpc) is 3.24. The van der Waals surface area contributed by atoms with Gasteiger partial charge in [0.1, 0.15) is 0 Å². The van der Waals surface area contributed by atoms with Crippen molar-refractivity contribution in [3.63, 3.8) is 0 Å². The summed E-state index contributed by atoms with van der Waals surface area (Å²) in [5.74, 6) is 0. The van der Waals surface area contributed by atoms with Gasteiger partial charge in [-0.2, -0.15) is 10.5 Å². The minimum atomic E-state index is -0.912. The lowest BCUT2D eigenvalue weighted by atomic mass is 9.74. The Labute approximate surface area is 463 Å². The average molecular weight is 1030 g/mol. The number of nitrogens with zero attached hydrogens (tertiary/aromatic N) is 6. The van der Waals surface area contributed by atoms with Crippen LogP contribution in [0.5, 0.6) is 0 Å². The second-order valence-corrected chi connectivity index (χ2v) is 22.2. The van der Waals surface area contributed by atoms with Crippen molar-refractivity contribution in [3.05, 3.63) is 265 Å². The lowest BCUT2D eigenvalue weighted by Crippen LogP contribution is -2.35. The summed E-state index contributed by atoms with van der Waals surface area (Å²) < 4.78 is 10.2. The van der Waals surface area contributed by atoms with Crippen LogP contribution in [0.4, 0.5) is 0 Å². The molecule has 0 saturated carbocycles. The monoisotopic (exact) mass is 1020 g/mol. The molecule has 80 heavy (non-hydrogen) atoms. The topological polar surface area (TPSA) is 67.3 Å². The molecular formula is C74H52N6. The van der Waals surface area contributed by atoms with E-state index in [0.717, 1.165) is 121 Å². The predicted octanol–water partition coefficient (Wildman–Crippen LogP) is 18.7. The fourth-order valence-corrected chi connectivity index (χ4v) is 14.0. The predicted molar refractivity (Wildman–Crippen MR) is 331 cm³/mol. The Morgan fingerprint density at radius 3 is 0.825 bits per heavy atom. The van der Waals surface area contributed by atoms with Crippen molar-refractivity contribution in [3.8, 4) is 45.8 Å². The molecule has 0 amide bonds. The van der Waals surface area contributed by atoms with Crippen LogP contribution in [0.3, 0.4) is 0 Å². The Morgan fingerprint density at radius 2 is 0.537 bits per heavy atom. The third kappa shape index (κ3) is 6.57. The number of benzene rings is 11. The van der Waals surface area contributed by atoms with Crippen LogP contribution >= 0.6 is 0 Å². The van der Waals surface area contributed by atoms with Crippen LogP contribution in [-0.4, -0.2) is 18.3 Å². The fraction of sp³-hybridized carbons (Fsp3) is 0.0811. The van der Waals surface area contributed by atoms with Crippen molar-refractivity contribution in [2.24, 2.45) is 0 Å². The zero-order valence-corrected chi connectivity index (χ0v) is 44.8. The molecule has 15 aromatic rings. The number of para-hydroxylation sites is 8. The van der Waals surface area contributed by atoms with Gasteiger partial charge in [0.2, 0.25) is 0 Å². The Kier molecular flexibility index (Phi) is 10.3. The van der Waals surface area contributed by atoms with Crippen molar-refractivity contribution in [2.75, 3.05) is 0 Å². The van der Waals surface area contributed by atoms with Gasteiger partial charge in [0.15, 0.2) is 0 Å². The number of rotatable bonds is 8. The summed E-state index contributed by atoms with van der Waals surface area (Å²) in [7, 11) is 0. The summed E-state index contributed by atoms with van der Waals surface area (Å²) in [5, 5.41) is 31.3. The summed E-state index contributed by atoms with van der Waals surface area (Å²) in [5.41, 5.74) is 15.7. The maximum Gasteiger partial charge on any atom is 0.0991 e. The smallest absolute Gasteiger partial charge is 0.0991 e. The molecule has 0 radical (unpaired) electrons. The highest BCUT2D eigenvalue weighted by Crippen LogP contribution is 2.57. The second-order valence-electron chi connectivity index (χ2n) is 22.2. The number of hydrogen-bond acceptors (Lipinski definition) is 2. The van der Waals surface area contributed by atoms with E-state index in [9.17, 15) is 10.5 Å². The van der Waals surface area contributed by atoms with Crippen molar-refractivity contribution in [1.82, 2.24) is 18.3 Å². The van der Waals surface area contributed by atoms with E-state index in [-0.39, 0.29) is 0 Å². The van der Waals surface area contributed by atoms with Crippen LogP contribution in [0.25, 0.3) is 121 Å². The summed E-state index contributed by atoms with van der Waals surface area (Å²) in [6.07, 6.45) is 0. The van der Waals surface area contributed by atoms with Crippen molar-refractivity contribution in [2.45, 2.75) is 38.8 Å². The molecule has 6 nitrogen and oxygen atoms in total. The number of hydrogen-bond donors (Lipinski definition) is 0. The molecule has 0 fully saturated rings. The van der Waals surface area contributed by atoms with Gasteiger partial charge in [-0.25, -0.2) is 0 Å². The van der Waals surface area contributed by atoms with E-state index in [1.807, 2.05) is 24.3 Å². The molecule has 0 bridgehead atoms. The number of nitriles is 2.